The lowest BCUT2D eigenvalue weighted by Crippen LogP contribution is -2.06. The summed E-state index contributed by atoms with van der Waals surface area (Å²) in [4.78, 5) is 21.5. The van der Waals surface area contributed by atoms with Gasteiger partial charge >= 0.3 is 5.97 Å². The van der Waals surface area contributed by atoms with Gasteiger partial charge < -0.3 is 10.4 Å². The van der Waals surface area contributed by atoms with Gasteiger partial charge in [-0.15, -0.1) is 0 Å². The number of carboxylic acids is 1. The van der Waals surface area contributed by atoms with Crippen LogP contribution >= 0.6 is 15.9 Å². The van der Waals surface area contributed by atoms with Gasteiger partial charge in [-0.2, -0.15) is 0 Å². The standard InChI is InChI=1S/C13H8BrFN2O4/c14-9-6-7(15)4-5-10(9)16-12-8(13(18)19)2-1-3-11(12)17(20)21/h1-6,16H,(H,18,19). The minimum Gasteiger partial charge on any atom is -0.478 e. The molecule has 0 bridgehead atoms. The van der Waals surface area contributed by atoms with Crippen molar-refractivity contribution in [1.29, 1.82) is 0 Å². The van der Waals surface area contributed by atoms with Crippen molar-refractivity contribution < 1.29 is 19.2 Å². The second-order valence-electron chi connectivity index (χ2n) is 4.01. The summed E-state index contributed by atoms with van der Waals surface area (Å²) < 4.78 is 13.4. The third kappa shape index (κ3) is 3.16. The molecule has 0 aliphatic heterocycles. The molecule has 0 atom stereocenters. The lowest BCUT2D eigenvalue weighted by Gasteiger charge is -2.11. The second kappa shape index (κ2) is 5.88. The van der Waals surface area contributed by atoms with Gasteiger partial charge in [0.1, 0.15) is 11.5 Å². The summed E-state index contributed by atoms with van der Waals surface area (Å²) in [6.07, 6.45) is 0. The Kier molecular flexibility index (Phi) is 4.18. The number of para-hydroxylation sites is 1. The van der Waals surface area contributed by atoms with E-state index in [9.17, 15) is 19.3 Å². The van der Waals surface area contributed by atoms with Crippen LogP contribution in [0.4, 0.5) is 21.5 Å². The number of nitro groups is 1. The van der Waals surface area contributed by atoms with Gasteiger partial charge in [-0.1, -0.05) is 6.07 Å². The van der Waals surface area contributed by atoms with E-state index in [0.717, 1.165) is 12.1 Å². The highest BCUT2D eigenvalue weighted by molar-refractivity contribution is 9.10. The molecule has 0 aromatic heterocycles. The third-order valence-corrected chi connectivity index (χ3v) is 3.32. The number of carboxylic acid groups (broad SMARTS) is 1. The fraction of sp³-hybridized carbons (Fsp3) is 0. The number of anilines is 2. The number of nitrogens with one attached hydrogen (secondary N) is 1. The summed E-state index contributed by atoms with van der Waals surface area (Å²) in [5.41, 5.74) is -0.484. The third-order valence-electron chi connectivity index (χ3n) is 2.66. The first-order valence-electron chi connectivity index (χ1n) is 5.63. The molecule has 0 saturated carbocycles. The number of hydrogen-bond donors (Lipinski definition) is 2. The van der Waals surface area contributed by atoms with Crippen molar-refractivity contribution >= 4 is 39.0 Å². The first kappa shape index (κ1) is 14.9. The quantitative estimate of drug-likeness (QED) is 0.640. The largest absolute Gasteiger partial charge is 0.478 e. The molecular formula is C13H8BrFN2O4. The van der Waals surface area contributed by atoms with Crippen LogP contribution in [0.1, 0.15) is 10.4 Å². The van der Waals surface area contributed by atoms with Gasteiger partial charge in [0.25, 0.3) is 5.69 Å². The van der Waals surface area contributed by atoms with Crippen molar-refractivity contribution in [3.8, 4) is 0 Å². The Bertz CT molecular complexity index is 704. The molecule has 0 heterocycles. The Morgan fingerprint density at radius 2 is 2.05 bits per heavy atom. The molecular weight excluding hydrogens is 347 g/mol. The Morgan fingerprint density at radius 3 is 2.62 bits per heavy atom. The average molecular weight is 355 g/mol. The van der Waals surface area contributed by atoms with E-state index in [4.69, 9.17) is 5.11 Å². The number of rotatable bonds is 4. The zero-order chi connectivity index (χ0) is 15.6. The predicted octanol–water partition coefficient (Wildman–Crippen LogP) is 3.94. The maximum Gasteiger partial charge on any atom is 0.338 e. The number of nitrogens with zero attached hydrogens (tertiary/aromatic N) is 1. The zero-order valence-electron chi connectivity index (χ0n) is 10.3. The maximum absolute atomic E-state index is 13.0. The van der Waals surface area contributed by atoms with Crippen LogP contribution in [-0.2, 0) is 0 Å². The zero-order valence-corrected chi connectivity index (χ0v) is 11.9. The first-order chi connectivity index (χ1) is 9.90. The molecule has 0 aliphatic carbocycles. The molecule has 108 valence electrons. The number of halogens is 2. The summed E-state index contributed by atoms with van der Waals surface area (Å²) in [5.74, 6) is -1.80. The SMILES string of the molecule is O=C(O)c1cccc([N+](=O)[O-])c1Nc1ccc(F)cc1Br. The van der Waals surface area contributed by atoms with Crippen molar-refractivity contribution in [1.82, 2.24) is 0 Å². The number of nitro benzene ring substituents is 1. The number of hydrogen-bond acceptors (Lipinski definition) is 4. The van der Waals surface area contributed by atoms with Crippen LogP contribution in [0.15, 0.2) is 40.9 Å². The summed E-state index contributed by atoms with van der Waals surface area (Å²) in [6.45, 7) is 0. The van der Waals surface area contributed by atoms with Gasteiger partial charge in [-0.05, 0) is 40.2 Å². The highest BCUT2D eigenvalue weighted by atomic mass is 79.9. The summed E-state index contributed by atoms with van der Waals surface area (Å²) in [5, 5.41) is 22.8. The van der Waals surface area contributed by atoms with E-state index in [0.29, 0.717) is 10.2 Å². The molecule has 2 aromatic carbocycles. The highest BCUT2D eigenvalue weighted by Gasteiger charge is 2.22. The topological polar surface area (TPSA) is 92.5 Å². The van der Waals surface area contributed by atoms with Crippen LogP contribution in [0.25, 0.3) is 0 Å². The molecule has 0 fully saturated rings. The molecule has 0 amide bonds. The number of benzene rings is 2. The Hall–Kier alpha value is -2.48. The second-order valence-corrected chi connectivity index (χ2v) is 4.87. The van der Waals surface area contributed by atoms with Gasteiger partial charge in [-0.3, -0.25) is 10.1 Å². The van der Waals surface area contributed by atoms with Crippen LogP contribution in [0.3, 0.4) is 0 Å². The Balaban J connectivity index is 2.56. The summed E-state index contributed by atoms with van der Waals surface area (Å²) >= 11 is 3.11. The molecule has 0 unspecified atom stereocenters. The van der Waals surface area contributed by atoms with Crippen molar-refractivity contribution in [2.75, 3.05) is 5.32 Å². The van der Waals surface area contributed by atoms with E-state index in [1.54, 1.807) is 0 Å². The highest BCUT2D eigenvalue weighted by Crippen LogP contribution is 2.34. The summed E-state index contributed by atoms with van der Waals surface area (Å²) in [6, 6.07) is 7.38. The molecule has 0 saturated heterocycles. The minimum absolute atomic E-state index is 0.165. The van der Waals surface area contributed by atoms with E-state index in [1.165, 1.54) is 24.3 Å². The van der Waals surface area contributed by atoms with Gasteiger partial charge in [0.15, 0.2) is 0 Å². The Labute approximate surface area is 126 Å². The molecule has 2 rings (SSSR count). The van der Waals surface area contributed by atoms with E-state index in [-0.39, 0.29) is 16.9 Å². The van der Waals surface area contributed by atoms with Crippen molar-refractivity contribution in [3.63, 3.8) is 0 Å². The molecule has 0 spiro atoms. The predicted molar refractivity (Wildman–Crippen MR) is 77.4 cm³/mol. The molecule has 8 heteroatoms. The average Bonchev–Trinajstić information content (AvgIpc) is 2.41. The van der Waals surface area contributed by atoms with Crippen LogP contribution in [0.2, 0.25) is 0 Å². The first-order valence-corrected chi connectivity index (χ1v) is 6.42. The minimum atomic E-state index is -1.31. The van der Waals surface area contributed by atoms with Gasteiger partial charge in [0.05, 0.1) is 16.2 Å². The van der Waals surface area contributed by atoms with Crippen LogP contribution in [0, 0.1) is 15.9 Å². The van der Waals surface area contributed by atoms with E-state index >= 15 is 0 Å². The molecule has 6 nitrogen and oxygen atoms in total. The number of aromatic carboxylic acids is 1. The maximum atomic E-state index is 13.0. The van der Waals surface area contributed by atoms with E-state index in [2.05, 4.69) is 21.2 Å². The lowest BCUT2D eigenvalue weighted by molar-refractivity contribution is -0.383. The molecule has 2 N–H and O–H groups in total. The van der Waals surface area contributed by atoms with Crippen molar-refractivity contribution in [2.24, 2.45) is 0 Å². The van der Waals surface area contributed by atoms with Gasteiger partial charge in [0, 0.05) is 10.5 Å². The Morgan fingerprint density at radius 1 is 1.33 bits per heavy atom. The normalized spacial score (nSPS) is 10.2. The summed E-state index contributed by atoms with van der Waals surface area (Å²) in [7, 11) is 0. The van der Waals surface area contributed by atoms with Crippen LogP contribution in [0.5, 0.6) is 0 Å². The van der Waals surface area contributed by atoms with Gasteiger partial charge in [-0.25, -0.2) is 9.18 Å². The van der Waals surface area contributed by atoms with E-state index < -0.39 is 16.7 Å². The van der Waals surface area contributed by atoms with Crippen molar-refractivity contribution in [3.05, 3.63) is 62.4 Å². The fourth-order valence-corrected chi connectivity index (χ4v) is 2.18. The lowest BCUT2D eigenvalue weighted by atomic mass is 10.1. The molecule has 0 radical (unpaired) electrons. The van der Waals surface area contributed by atoms with E-state index in [1.807, 2.05) is 0 Å². The fourth-order valence-electron chi connectivity index (χ4n) is 1.73. The van der Waals surface area contributed by atoms with Crippen molar-refractivity contribution in [2.45, 2.75) is 0 Å². The smallest absolute Gasteiger partial charge is 0.338 e. The van der Waals surface area contributed by atoms with Crippen LogP contribution in [-0.4, -0.2) is 16.0 Å². The molecule has 2 aromatic rings. The van der Waals surface area contributed by atoms with Crippen LogP contribution < -0.4 is 5.32 Å². The molecule has 0 aliphatic rings. The molecule has 21 heavy (non-hydrogen) atoms. The number of carbonyl (C=O) groups is 1. The monoisotopic (exact) mass is 354 g/mol. The van der Waals surface area contributed by atoms with Gasteiger partial charge in [0.2, 0.25) is 0 Å².